The van der Waals surface area contributed by atoms with Crippen LogP contribution >= 0.6 is 22.9 Å². The Morgan fingerprint density at radius 3 is 2.70 bits per heavy atom. The molecule has 40 heavy (non-hydrogen) atoms. The van der Waals surface area contributed by atoms with Gasteiger partial charge in [-0.15, -0.1) is 11.3 Å². The summed E-state index contributed by atoms with van der Waals surface area (Å²) in [6.45, 7) is 8.86. The van der Waals surface area contributed by atoms with Gasteiger partial charge in [-0.2, -0.15) is 5.10 Å². The summed E-state index contributed by atoms with van der Waals surface area (Å²) in [6.07, 6.45) is 0. The lowest BCUT2D eigenvalue weighted by Gasteiger charge is -2.26. The molecular formula is C30H33ClN4O4S. The van der Waals surface area contributed by atoms with Crippen molar-refractivity contribution in [3.8, 4) is 33.3 Å². The number of thiophene rings is 1. The molecular weight excluding hydrogens is 548 g/mol. The highest BCUT2D eigenvalue weighted by Gasteiger charge is 2.15. The van der Waals surface area contributed by atoms with E-state index in [2.05, 4.69) is 28.6 Å². The summed E-state index contributed by atoms with van der Waals surface area (Å²) in [7, 11) is 0. The van der Waals surface area contributed by atoms with Crippen LogP contribution in [0.1, 0.15) is 22.8 Å². The van der Waals surface area contributed by atoms with E-state index in [4.69, 9.17) is 30.9 Å². The first-order chi connectivity index (χ1) is 19.5. The standard InChI is InChI=1S/C30H33ClN4O4S/c1-3-38-29-18-26(22-5-4-6-24(16-22)30(36)32-20-34-9-12-37-13-10-34)33-35(29)11-14-39-27-8-7-23(17-25(27)31)28-15-21(2)19-40-28/h4-8,15-19H,3,9-14,20H2,1-2H3,(H,32,36). The molecule has 2 aromatic carbocycles. The van der Waals surface area contributed by atoms with Gasteiger partial charge in [0.1, 0.15) is 12.4 Å². The largest absolute Gasteiger partial charge is 0.490 e. The van der Waals surface area contributed by atoms with Crippen LogP contribution in [0.2, 0.25) is 5.02 Å². The fraction of sp³-hybridized carbons (Fsp3) is 0.333. The molecule has 3 heterocycles. The van der Waals surface area contributed by atoms with Crippen LogP contribution in [0.4, 0.5) is 0 Å². The van der Waals surface area contributed by atoms with Crippen LogP contribution in [0, 0.1) is 6.92 Å². The maximum absolute atomic E-state index is 12.8. The Bertz CT molecular complexity index is 1450. The lowest BCUT2D eigenvalue weighted by molar-refractivity contribution is 0.0334. The molecule has 8 nitrogen and oxygen atoms in total. The van der Waals surface area contributed by atoms with Crippen molar-refractivity contribution in [3.05, 3.63) is 76.1 Å². The Labute approximate surface area is 243 Å². The van der Waals surface area contributed by atoms with E-state index in [1.165, 1.54) is 10.4 Å². The number of hydrogen-bond acceptors (Lipinski definition) is 7. The van der Waals surface area contributed by atoms with E-state index < -0.39 is 0 Å². The van der Waals surface area contributed by atoms with Gasteiger partial charge in [0.05, 0.1) is 43.8 Å². The number of hydrogen-bond donors (Lipinski definition) is 1. The molecule has 0 atom stereocenters. The molecule has 0 aliphatic carbocycles. The molecule has 1 fully saturated rings. The molecule has 1 saturated heterocycles. The van der Waals surface area contributed by atoms with Crippen molar-refractivity contribution in [3.63, 3.8) is 0 Å². The first-order valence-corrected chi connectivity index (χ1v) is 14.6. The quantitative estimate of drug-likeness (QED) is 0.244. The van der Waals surface area contributed by atoms with Crippen LogP contribution in [0.3, 0.4) is 0 Å². The van der Waals surface area contributed by atoms with Gasteiger partial charge in [0.15, 0.2) is 0 Å². The minimum Gasteiger partial charge on any atom is -0.490 e. The fourth-order valence-electron chi connectivity index (χ4n) is 4.43. The van der Waals surface area contributed by atoms with Crippen molar-refractivity contribution in [2.24, 2.45) is 0 Å². The smallest absolute Gasteiger partial charge is 0.252 e. The Hall–Kier alpha value is -3.37. The summed E-state index contributed by atoms with van der Waals surface area (Å²) in [4.78, 5) is 16.1. The Balaban J connectivity index is 1.23. The van der Waals surface area contributed by atoms with E-state index >= 15 is 0 Å². The second-order valence-corrected chi connectivity index (χ2v) is 10.8. The second-order valence-electron chi connectivity index (χ2n) is 9.48. The van der Waals surface area contributed by atoms with Crippen LogP contribution in [-0.2, 0) is 11.3 Å². The fourth-order valence-corrected chi connectivity index (χ4v) is 5.56. The van der Waals surface area contributed by atoms with Crippen molar-refractivity contribution >= 4 is 28.8 Å². The monoisotopic (exact) mass is 580 g/mol. The Morgan fingerprint density at radius 2 is 1.95 bits per heavy atom. The number of aryl methyl sites for hydroxylation is 1. The van der Waals surface area contributed by atoms with E-state index in [0.717, 1.165) is 29.9 Å². The number of nitrogens with zero attached hydrogens (tertiary/aromatic N) is 3. The zero-order valence-corrected chi connectivity index (χ0v) is 24.3. The van der Waals surface area contributed by atoms with E-state index in [0.29, 0.717) is 61.9 Å². The van der Waals surface area contributed by atoms with Crippen molar-refractivity contribution in [2.45, 2.75) is 20.4 Å². The molecule has 5 rings (SSSR count). The molecule has 0 unspecified atom stereocenters. The van der Waals surface area contributed by atoms with Crippen LogP contribution in [0.15, 0.2) is 60.0 Å². The number of carbonyl (C=O) groups is 1. The molecule has 0 spiro atoms. The molecule has 1 amide bonds. The summed E-state index contributed by atoms with van der Waals surface area (Å²) < 4.78 is 19.0. The lowest BCUT2D eigenvalue weighted by atomic mass is 10.1. The first kappa shape index (κ1) is 28.2. The SMILES string of the molecule is CCOc1cc(-c2cccc(C(=O)NCN3CCOCC3)c2)nn1CCOc1ccc(-c2cc(C)cs2)cc1Cl. The maximum atomic E-state index is 12.8. The average Bonchev–Trinajstić information content (AvgIpc) is 3.59. The zero-order chi connectivity index (χ0) is 27.9. The normalized spacial score (nSPS) is 13.8. The van der Waals surface area contributed by atoms with Gasteiger partial charge in [0.25, 0.3) is 5.91 Å². The highest BCUT2D eigenvalue weighted by Crippen LogP contribution is 2.33. The first-order valence-electron chi connectivity index (χ1n) is 13.4. The van der Waals surface area contributed by atoms with Gasteiger partial charge in [-0.3, -0.25) is 9.69 Å². The second kappa shape index (κ2) is 13.3. The molecule has 1 aliphatic heterocycles. The Morgan fingerprint density at radius 1 is 1.10 bits per heavy atom. The van der Waals surface area contributed by atoms with Gasteiger partial charge >= 0.3 is 0 Å². The zero-order valence-electron chi connectivity index (χ0n) is 22.7. The summed E-state index contributed by atoms with van der Waals surface area (Å²) in [5.74, 6) is 1.14. The predicted octanol–water partition coefficient (Wildman–Crippen LogP) is 5.74. The van der Waals surface area contributed by atoms with Crippen LogP contribution in [0.25, 0.3) is 21.7 Å². The molecule has 0 saturated carbocycles. The Kier molecular flexibility index (Phi) is 9.38. The van der Waals surface area contributed by atoms with Crippen molar-refractivity contribution < 1.29 is 19.0 Å². The van der Waals surface area contributed by atoms with Gasteiger partial charge in [0, 0.05) is 35.2 Å². The number of ether oxygens (including phenoxy) is 3. The molecule has 10 heteroatoms. The van der Waals surface area contributed by atoms with E-state index in [-0.39, 0.29) is 5.91 Å². The van der Waals surface area contributed by atoms with Crippen LogP contribution in [-0.4, -0.2) is 66.8 Å². The minimum atomic E-state index is -0.122. The molecule has 1 aliphatic rings. The molecule has 1 N–H and O–H groups in total. The third-order valence-electron chi connectivity index (χ3n) is 6.53. The molecule has 2 aromatic heterocycles. The van der Waals surface area contributed by atoms with Crippen molar-refractivity contribution in [1.29, 1.82) is 0 Å². The van der Waals surface area contributed by atoms with Crippen molar-refractivity contribution in [1.82, 2.24) is 20.0 Å². The molecule has 4 aromatic rings. The highest BCUT2D eigenvalue weighted by atomic mass is 35.5. The summed E-state index contributed by atoms with van der Waals surface area (Å²) in [6, 6.07) is 17.4. The topological polar surface area (TPSA) is 77.9 Å². The third kappa shape index (κ3) is 7.03. The predicted molar refractivity (Wildman–Crippen MR) is 159 cm³/mol. The number of halogens is 1. The number of benzene rings is 2. The summed E-state index contributed by atoms with van der Waals surface area (Å²) >= 11 is 8.23. The van der Waals surface area contributed by atoms with Gasteiger partial charge in [-0.05, 0) is 66.8 Å². The van der Waals surface area contributed by atoms with E-state index in [1.807, 2.05) is 49.4 Å². The number of amides is 1. The highest BCUT2D eigenvalue weighted by molar-refractivity contribution is 7.13. The molecule has 210 valence electrons. The average molecular weight is 581 g/mol. The number of aromatic nitrogens is 2. The molecule has 0 radical (unpaired) electrons. The van der Waals surface area contributed by atoms with E-state index in [9.17, 15) is 4.79 Å². The summed E-state index contributed by atoms with van der Waals surface area (Å²) in [5, 5.41) is 10.4. The van der Waals surface area contributed by atoms with Crippen molar-refractivity contribution in [2.75, 3.05) is 46.2 Å². The summed E-state index contributed by atoms with van der Waals surface area (Å²) in [5.41, 5.74) is 4.45. The van der Waals surface area contributed by atoms with Gasteiger partial charge in [-0.25, -0.2) is 4.68 Å². The van der Waals surface area contributed by atoms with Gasteiger partial charge in [-0.1, -0.05) is 23.7 Å². The van der Waals surface area contributed by atoms with Gasteiger partial charge in [0.2, 0.25) is 5.88 Å². The lowest BCUT2D eigenvalue weighted by Crippen LogP contribution is -2.43. The maximum Gasteiger partial charge on any atom is 0.252 e. The number of morpholine rings is 1. The third-order valence-corrected chi connectivity index (χ3v) is 7.92. The molecule has 0 bridgehead atoms. The van der Waals surface area contributed by atoms with Gasteiger partial charge < -0.3 is 19.5 Å². The number of nitrogens with one attached hydrogen (secondary N) is 1. The van der Waals surface area contributed by atoms with Crippen LogP contribution < -0.4 is 14.8 Å². The van der Waals surface area contributed by atoms with E-state index in [1.54, 1.807) is 22.1 Å². The van der Waals surface area contributed by atoms with Crippen LogP contribution in [0.5, 0.6) is 11.6 Å². The minimum absolute atomic E-state index is 0.122. The number of carbonyl (C=O) groups excluding carboxylic acids is 1. The number of rotatable bonds is 11.